The summed E-state index contributed by atoms with van der Waals surface area (Å²) >= 11 is 0. The molecule has 0 radical (unpaired) electrons. The number of hydrogen-bond acceptors (Lipinski definition) is 4. The molecule has 0 spiro atoms. The van der Waals surface area contributed by atoms with Crippen molar-refractivity contribution in [2.45, 2.75) is 0 Å². The molecule has 1 aromatic heterocycles. The van der Waals surface area contributed by atoms with Gasteiger partial charge in [-0.2, -0.15) is 0 Å². The van der Waals surface area contributed by atoms with Gasteiger partial charge in [-0.3, -0.25) is 4.79 Å². The maximum Gasteiger partial charge on any atom is 0.171 e. The van der Waals surface area contributed by atoms with Crippen LogP contribution in [0, 0.1) is 0 Å². The summed E-state index contributed by atoms with van der Waals surface area (Å²) < 4.78 is 1.35. The first-order valence-electron chi connectivity index (χ1n) is 3.97. The molecule has 0 aliphatic carbocycles. The lowest BCUT2D eigenvalue weighted by atomic mass is 10.3. The number of para-hydroxylation sites is 2. The lowest BCUT2D eigenvalue weighted by Gasteiger charge is -2.01. The van der Waals surface area contributed by atoms with Crippen LogP contribution in [0.3, 0.4) is 0 Å². The highest BCUT2D eigenvalue weighted by molar-refractivity contribution is 5.71. The first-order valence-corrected chi connectivity index (χ1v) is 3.97. The second kappa shape index (κ2) is 3.29. The van der Waals surface area contributed by atoms with Gasteiger partial charge in [0, 0.05) is 0 Å². The van der Waals surface area contributed by atoms with E-state index in [9.17, 15) is 9.90 Å². The predicted molar refractivity (Wildman–Crippen MR) is 48.4 cm³/mol. The van der Waals surface area contributed by atoms with Crippen molar-refractivity contribution in [3.05, 3.63) is 36.2 Å². The van der Waals surface area contributed by atoms with Crippen LogP contribution in [-0.2, 0) is 0 Å². The fourth-order valence-corrected chi connectivity index (χ4v) is 1.11. The summed E-state index contributed by atoms with van der Waals surface area (Å²) in [5.74, 6) is 0.0925. The van der Waals surface area contributed by atoms with Gasteiger partial charge >= 0.3 is 0 Å². The van der Waals surface area contributed by atoms with Crippen molar-refractivity contribution in [2.75, 3.05) is 0 Å². The average molecular weight is 189 g/mol. The number of carbonyl (C=O) groups is 1. The number of hydrogen-bond donors (Lipinski definition) is 1. The van der Waals surface area contributed by atoms with Gasteiger partial charge in [-0.05, 0) is 12.1 Å². The number of aldehydes is 1. The zero-order valence-corrected chi connectivity index (χ0v) is 7.16. The van der Waals surface area contributed by atoms with Crippen molar-refractivity contribution in [1.82, 2.24) is 15.0 Å². The van der Waals surface area contributed by atoms with Gasteiger partial charge in [0.15, 0.2) is 6.29 Å². The molecule has 0 saturated heterocycles. The van der Waals surface area contributed by atoms with Crippen molar-refractivity contribution in [1.29, 1.82) is 0 Å². The number of nitrogens with zero attached hydrogens (tertiary/aromatic N) is 3. The standard InChI is InChI=1S/C9H7N3O2/c13-6-7-5-12(11-10-7)8-3-1-2-4-9(8)14/h1-6,14H. The first-order chi connectivity index (χ1) is 6.81. The Hall–Kier alpha value is -2.17. The Balaban J connectivity index is 2.49. The first kappa shape index (κ1) is 8.43. The summed E-state index contributed by atoms with van der Waals surface area (Å²) in [5.41, 5.74) is 0.723. The van der Waals surface area contributed by atoms with E-state index in [0.717, 1.165) is 0 Å². The van der Waals surface area contributed by atoms with E-state index in [1.54, 1.807) is 18.2 Å². The van der Waals surface area contributed by atoms with Crippen molar-refractivity contribution < 1.29 is 9.90 Å². The van der Waals surface area contributed by atoms with Gasteiger partial charge in [0.05, 0.1) is 6.20 Å². The smallest absolute Gasteiger partial charge is 0.171 e. The summed E-state index contributed by atoms with van der Waals surface area (Å²) in [6, 6.07) is 6.68. The normalized spacial score (nSPS) is 10.0. The highest BCUT2D eigenvalue weighted by Gasteiger charge is 2.04. The largest absolute Gasteiger partial charge is 0.506 e. The molecule has 0 atom stereocenters. The van der Waals surface area contributed by atoms with E-state index < -0.39 is 0 Å². The Kier molecular flexibility index (Phi) is 1.98. The van der Waals surface area contributed by atoms with E-state index in [0.29, 0.717) is 12.0 Å². The monoisotopic (exact) mass is 189 g/mol. The molecular weight excluding hydrogens is 182 g/mol. The molecule has 2 rings (SSSR count). The predicted octanol–water partition coefficient (Wildman–Crippen LogP) is 0.785. The highest BCUT2D eigenvalue weighted by Crippen LogP contribution is 2.19. The summed E-state index contributed by atoms with van der Waals surface area (Å²) in [5, 5.41) is 16.7. The van der Waals surface area contributed by atoms with E-state index in [1.165, 1.54) is 16.9 Å². The van der Waals surface area contributed by atoms with E-state index in [1.807, 2.05) is 0 Å². The maximum atomic E-state index is 10.4. The minimum Gasteiger partial charge on any atom is -0.506 e. The topological polar surface area (TPSA) is 68.0 Å². The van der Waals surface area contributed by atoms with Gasteiger partial charge in [0.2, 0.25) is 0 Å². The Bertz CT molecular complexity index is 465. The van der Waals surface area contributed by atoms with E-state index in [2.05, 4.69) is 10.3 Å². The Morgan fingerprint density at radius 2 is 2.14 bits per heavy atom. The summed E-state index contributed by atoms with van der Waals surface area (Å²) in [6.07, 6.45) is 2.05. The highest BCUT2D eigenvalue weighted by atomic mass is 16.3. The number of aromatic hydroxyl groups is 1. The molecule has 0 aliphatic rings. The van der Waals surface area contributed by atoms with Gasteiger partial charge in [0.25, 0.3) is 0 Å². The van der Waals surface area contributed by atoms with Crippen LogP contribution in [0.25, 0.3) is 5.69 Å². The average Bonchev–Trinajstić information content (AvgIpc) is 2.67. The van der Waals surface area contributed by atoms with E-state index >= 15 is 0 Å². The summed E-state index contributed by atoms with van der Waals surface area (Å²) in [6.45, 7) is 0. The second-order valence-corrected chi connectivity index (χ2v) is 2.69. The molecule has 0 unspecified atom stereocenters. The molecular formula is C9H7N3O2. The SMILES string of the molecule is O=Cc1cn(-c2ccccc2O)nn1. The Morgan fingerprint density at radius 1 is 1.36 bits per heavy atom. The van der Waals surface area contributed by atoms with Gasteiger partial charge in [-0.15, -0.1) is 5.10 Å². The van der Waals surface area contributed by atoms with Crippen molar-refractivity contribution >= 4 is 6.29 Å². The van der Waals surface area contributed by atoms with E-state index in [-0.39, 0.29) is 11.4 Å². The number of benzene rings is 1. The molecule has 0 saturated carbocycles. The number of rotatable bonds is 2. The van der Waals surface area contributed by atoms with Crippen LogP contribution in [0.15, 0.2) is 30.5 Å². The Morgan fingerprint density at radius 3 is 2.79 bits per heavy atom. The Labute approximate surface area is 79.6 Å². The fraction of sp³-hybridized carbons (Fsp3) is 0. The molecule has 0 aliphatic heterocycles. The number of phenols is 1. The van der Waals surface area contributed by atoms with Gasteiger partial charge < -0.3 is 5.11 Å². The molecule has 0 fully saturated rings. The van der Waals surface area contributed by atoms with Crippen LogP contribution in [0.2, 0.25) is 0 Å². The fourth-order valence-electron chi connectivity index (χ4n) is 1.11. The zero-order valence-electron chi connectivity index (χ0n) is 7.16. The minimum absolute atomic E-state index is 0.0925. The van der Waals surface area contributed by atoms with Crippen LogP contribution in [0.4, 0.5) is 0 Å². The van der Waals surface area contributed by atoms with Gasteiger partial charge in [-0.25, -0.2) is 4.68 Å². The van der Waals surface area contributed by atoms with Crippen molar-refractivity contribution in [2.24, 2.45) is 0 Å². The molecule has 1 aromatic carbocycles. The number of aromatic nitrogens is 3. The maximum absolute atomic E-state index is 10.4. The molecule has 5 nitrogen and oxygen atoms in total. The molecule has 14 heavy (non-hydrogen) atoms. The van der Waals surface area contributed by atoms with Crippen molar-refractivity contribution in [3.8, 4) is 11.4 Å². The summed E-state index contributed by atoms with van der Waals surface area (Å²) in [4.78, 5) is 10.4. The minimum atomic E-state index is 0.0925. The third kappa shape index (κ3) is 1.35. The molecule has 1 heterocycles. The molecule has 70 valence electrons. The van der Waals surface area contributed by atoms with Gasteiger partial charge in [0.1, 0.15) is 17.1 Å². The van der Waals surface area contributed by atoms with Crippen LogP contribution in [0.1, 0.15) is 10.5 Å². The van der Waals surface area contributed by atoms with Crippen LogP contribution in [0.5, 0.6) is 5.75 Å². The molecule has 1 N–H and O–H groups in total. The third-order valence-electron chi connectivity index (χ3n) is 1.76. The van der Waals surface area contributed by atoms with Crippen LogP contribution in [-0.4, -0.2) is 26.4 Å². The van der Waals surface area contributed by atoms with Crippen molar-refractivity contribution in [3.63, 3.8) is 0 Å². The third-order valence-corrected chi connectivity index (χ3v) is 1.76. The molecule has 5 heteroatoms. The molecule has 0 bridgehead atoms. The zero-order chi connectivity index (χ0) is 9.97. The number of phenolic OH excluding ortho intramolecular Hbond substituents is 1. The lowest BCUT2D eigenvalue weighted by molar-refractivity contribution is 0.111. The van der Waals surface area contributed by atoms with Crippen LogP contribution >= 0.6 is 0 Å². The van der Waals surface area contributed by atoms with E-state index in [4.69, 9.17) is 0 Å². The lowest BCUT2D eigenvalue weighted by Crippen LogP contribution is -1.94. The summed E-state index contributed by atoms with van der Waals surface area (Å²) in [7, 11) is 0. The number of carbonyl (C=O) groups excluding carboxylic acids is 1. The van der Waals surface area contributed by atoms with Crippen LogP contribution < -0.4 is 0 Å². The quantitative estimate of drug-likeness (QED) is 0.709. The molecule has 2 aromatic rings. The molecule has 0 amide bonds. The second-order valence-electron chi connectivity index (χ2n) is 2.69. The van der Waals surface area contributed by atoms with Gasteiger partial charge in [-0.1, -0.05) is 17.3 Å².